The minimum atomic E-state index is -0.463. The molecule has 2 heterocycles. The van der Waals surface area contributed by atoms with Crippen LogP contribution >= 0.6 is 11.3 Å². The summed E-state index contributed by atoms with van der Waals surface area (Å²) in [5.41, 5.74) is 6.65. The molecule has 0 bridgehead atoms. The Bertz CT molecular complexity index is 441. The second-order valence-electron chi connectivity index (χ2n) is 6.38. The molecule has 1 saturated heterocycles. The Morgan fingerprint density at radius 2 is 1.90 bits per heavy atom. The van der Waals surface area contributed by atoms with E-state index in [1.165, 1.54) is 44.9 Å². The van der Waals surface area contributed by atoms with Gasteiger partial charge in [-0.1, -0.05) is 25.3 Å². The summed E-state index contributed by atoms with van der Waals surface area (Å²) in [6.07, 6.45) is 9.24. The van der Waals surface area contributed by atoms with Crippen molar-refractivity contribution in [2.75, 3.05) is 13.1 Å². The third-order valence-electron chi connectivity index (χ3n) is 5.17. The number of likely N-dealkylation sites (tertiary alicyclic amines) is 1. The molecular formula is C16H24N2OS. The molecule has 1 atom stereocenters. The maximum atomic E-state index is 12.5. The Balaban J connectivity index is 1.59. The molecule has 4 heteroatoms. The van der Waals surface area contributed by atoms with Crippen LogP contribution < -0.4 is 5.73 Å². The second kappa shape index (κ2) is 5.86. The fraction of sp³-hybridized carbons (Fsp3) is 0.688. The van der Waals surface area contributed by atoms with Gasteiger partial charge in [0.2, 0.25) is 5.91 Å². The van der Waals surface area contributed by atoms with Crippen LogP contribution in [-0.2, 0) is 4.79 Å². The van der Waals surface area contributed by atoms with Gasteiger partial charge < -0.3 is 10.6 Å². The summed E-state index contributed by atoms with van der Waals surface area (Å²) in [7, 11) is 0. The first-order valence-corrected chi connectivity index (χ1v) is 8.66. The Morgan fingerprint density at radius 1 is 1.20 bits per heavy atom. The summed E-state index contributed by atoms with van der Waals surface area (Å²) in [4.78, 5) is 15.4. The Hall–Kier alpha value is -0.870. The number of piperidine rings is 1. The van der Waals surface area contributed by atoms with E-state index < -0.39 is 6.04 Å². The van der Waals surface area contributed by atoms with Crippen molar-refractivity contribution >= 4 is 17.2 Å². The fourth-order valence-electron chi connectivity index (χ4n) is 3.79. The summed E-state index contributed by atoms with van der Waals surface area (Å²) in [5, 5.41) is 1.98. The molecule has 1 unspecified atom stereocenters. The third kappa shape index (κ3) is 2.77. The van der Waals surface area contributed by atoms with E-state index in [2.05, 4.69) is 0 Å². The van der Waals surface area contributed by atoms with Gasteiger partial charge in [-0.3, -0.25) is 4.79 Å². The second-order valence-corrected chi connectivity index (χ2v) is 7.36. The summed E-state index contributed by atoms with van der Waals surface area (Å²) in [6, 6.07) is 3.45. The molecule has 110 valence electrons. The molecule has 20 heavy (non-hydrogen) atoms. The zero-order valence-corrected chi connectivity index (χ0v) is 12.8. The number of nitrogens with two attached hydrogens (primary N) is 1. The lowest BCUT2D eigenvalue weighted by atomic mass is 9.68. The van der Waals surface area contributed by atoms with Gasteiger partial charge in [0, 0.05) is 18.0 Å². The number of nitrogens with zero attached hydrogens (tertiary/aromatic N) is 1. The standard InChI is InChI=1S/C16H24N2OS/c17-14(13-5-4-12-20-13)15(19)18-10-8-16(9-11-18)6-2-1-3-7-16/h4-5,12,14H,1-3,6-11,17H2. The van der Waals surface area contributed by atoms with Gasteiger partial charge in [-0.2, -0.15) is 0 Å². The van der Waals surface area contributed by atoms with Gasteiger partial charge in [-0.25, -0.2) is 0 Å². The first-order chi connectivity index (χ1) is 9.70. The van der Waals surface area contributed by atoms with Crippen LogP contribution in [0.15, 0.2) is 17.5 Å². The summed E-state index contributed by atoms with van der Waals surface area (Å²) in [6.45, 7) is 1.80. The van der Waals surface area contributed by atoms with E-state index >= 15 is 0 Å². The van der Waals surface area contributed by atoms with Crippen molar-refractivity contribution in [1.29, 1.82) is 0 Å². The zero-order valence-electron chi connectivity index (χ0n) is 12.0. The van der Waals surface area contributed by atoms with Crippen molar-refractivity contribution in [3.05, 3.63) is 22.4 Å². The molecule has 2 N–H and O–H groups in total. The topological polar surface area (TPSA) is 46.3 Å². The van der Waals surface area contributed by atoms with Gasteiger partial charge in [0.1, 0.15) is 6.04 Å². The number of carbonyl (C=O) groups excluding carboxylic acids is 1. The largest absolute Gasteiger partial charge is 0.341 e. The number of hydrogen-bond acceptors (Lipinski definition) is 3. The predicted octanol–water partition coefficient (Wildman–Crippen LogP) is 3.32. The van der Waals surface area contributed by atoms with Gasteiger partial charge in [0.15, 0.2) is 0 Å². The summed E-state index contributed by atoms with van der Waals surface area (Å²) in [5.74, 6) is 0.109. The van der Waals surface area contributed by atoms with Crippen LogP contribution in [0, 0.1) is 5.41 Å². The van der Waals surface area contributed by atoms with Crippen LogP contribution in [0.1, 0.15) is 55.9 Å². The normalized spacial score (nSPS) is 23.8. The van der Waals surface area contributed by atoms with E-state index in [-0.39, 0.29) is 5.91 Å². The van der Waals surface area contributed by atoms with Crippen molar-refractivity contribution in [2.24, 2.45) is 11.1 Å². The Morgan fingerprint density at radius 3 is 2.50 bits per heavy atom. The maximum absolute atomic E-state index is 12.5. The molecule has 1 spiro atoms. The first kappa shape index (κ1) is 14.1. The molecule has 0 aromatic carbocycles. The zero-order chi connectivity index (χ0) is 14.0. The van der Waals surface area contributed by atoms with Gasteiger partial charge >= 0.3 is 0 Å². The molecule has 1 amide bonds. The van der Waals surface area contributed by atoms with Crippen molar-refractivity contribution < 1.29 is 4.79 Å². The van der Waals surface area contributed by atoms with Crippen LogP contribution in [0.2, 0.25) is 0 Å². The first-order valence-electron chi connectivity index (χ1n) is 7.78. The minimum absolute atomic E-state index is 0.109. The quantitative estimate of drug-likeness (QED) is 0.909. The lowest BCUT2D eigenvalue weighted by Crippen LogP contribution is -2.46. The van der Waals surface area contributed by atoms with Crippen molar-refractivity contribution in [3.8, 4) is 0 Å². The lowest BCUT2D eigenvalue weighted by Gasteiger charge is -2.44. The van der Waals surface area contributed by atoms with Gasteiger partial charge in [-0.15, -0.1) is 11.3 Å². The molecule has 3 rings (SSSR count). The highest BCUT2D eigenvalue weighted by atomic mass is 32.1. The Kier molecular flexibility index (Phi) is 4.13. The number of rotatable bonds is 2. The summed E-state index contributed by atoms with van der Waals surface area (Å²) < 4.78 is 0. The highest BCUT2D eigenvalue weighted by Gasteiger charge is 2.37. The molecule has 1 aromatic rings. The van der Waals surface area contributed by atoms with E-state index in [0.717, 1.165) is 18.0 Å². The van der Waals surface area contributed by atoms with Gasteiger partial charge in [0.05, 0.1) is 0 Å². The molecule has 1 saturated carbocycles. The fourth-order valence-corrected chi connectivity index (χ4v) is 4.51. The maximum Gasteiger partial charge on any atom is 0.244 e. The average Bonchev–Trinajstić information content (AvgIpc) is 3.02. The van der Waals surface area contributed by atoms with E-state index in [0.29, 0.717) is 5.41 Å². The van der Waals surface area contributed by atoms with E-state index in [4.69, 9.17) is 5.73 Å². The molecular weight excluding hydrogens is 268 g/mol. The SMILES string of the molecule is NC(C(=O)N1CCC2(CCCCC2)CC1)c1cccs1. The van der Waals surface area contributed by atoms with Gasteiger partial charge in [-0.05, 0) is 42.5 Å². The van der Waals surface area contributed by atoms with Crippen LogP contribution in [0.3, 0.4) is 0 Å². The summed E-state index contributed by atoms with van der Waals surface area (Å²) >= 11 is 1.57. The molecule has 0 radical (unpaired) electrons. The predicted molar refractivity (Wildman–Crippen MR) is 82.6 cm³/mol. The third-order valence-corrected chi connectivity index (χ3v) is 6.12. The molecule has 2 aliphatic rings. The smallest absolute Gasteiger partial charge is 0.244 e. The van der Waals surface area contributed by atoms with Crippen LogP contribution in [0.4, 0.5) is 0 Å². The number of carbonyl (C=O) groups is 1. The number of hydrogen-bond donors (Lipinski definition) is 1. The molecule has 3 nitrogen and oxygen atoms in total. The molecule has 1 aliphatic carbocycles. The van der Waals surface area contributed by atoms with Crippen LogP contribution in [0.25, 0.3) is 0 Å². The lowest BCUT2D eigenvalue weighted by molar-refractivity contribution is -0.135. The van der Waals surface area contributed by atoms with Crippen molar-refractivity contribution in [1.82, 2.24) is 4.90 Å². The Labute approximate surface area is 125 Å². The van der Waals surface area contributed by atoms with Crippen LogP contribution in [0.5, 0.6) is 0 Å². The van der Waals surface area contributed by atoms with Crippen LogP contribution in [-0.4, -0.2) is 23.9 Å². The molecule has 1 aliphatic heterocycles. The van der Waals surface area contributed by atoms with Gasteiger partial charge in [0.25, 0.3) is 0 Å². The highest BCUT2D eigenvalue weighted by molar-refractivity contribution is 7.10. The number of thiophene rings is 1. The number of amides is 1. The van der Waals surface area contributed by atoms with E-state index in [1.54, 1.807) is 11.3 Å². The van der Waals surface area contributed by atoms with Crippen molar-refractivity contribution in [3.63, 3.8) is 0 Å². The monoisotopic (exact) mass is 292 g/mol. The molecule has 1 aromatic heterocycles. The average molecular weight is 292 g/mol. The minimum Gasteiger partial charge on any atom is -0.341 e. The van der Waals surface area contributed by atoms with E-state index in [1.807, 2.05) is 22.4 Å². The highest BCUT2D eigenvalue weighted by Crippen LogP contribution is 2.44. The van der Waals surface area contributed by atoms with E-state index in [9.17, 15) is 4.79 Å². The van der Waals surface area contributed by atoms with Crippen molar-refractivity contribution in [2.45, 2.75) is 51.0 Å². The molecule has 2 fully saturated rings.